The number of hydrogen-bond donors (Lipinski definition) is 1. The van der Waals surface area contributed by atoms with E-state index in [1.807, 2.05) is 16.9 Å². The average molecular weight is 258 g/mol. The molecule has 2 heterocycles. The summed E-state index contributed by atoms with van der Waals surface area (Å²) in [5, 5.41) is 4.20. The Kier molecular flexibility index (Phi) is 2.76. The van der Waals surface area contributed by atoms with Gasteiger partial charge in [0.15, 0.2) is 4.77 Å². The van der Waals surface area contributed by atoms with Gasteiger partial charge in [-0.3, -0.25) is 4.68 Å². The Morgan fingerprint density at radius 3 is 3.00 bits per heavy atom. The second-order valence-corrected chi connectivity index (χ2v) is 4.76. The first-order valence-corrected chi connectivity index (χ1v) is 6.31. The van der Waals surface area contributed by atoms with Crippen LogP contribution < -0.4 is 0 Å². The van der Waals surface area contributed by atoms with Crippen LogP contribution in [-0.4, -0.2) is 19.3 Å². The zero-order chi connectivity index (χ0) is 12.5. The molecule has 0 aliphatic rings. The molecule has 0 spiro atoms. The highest BCUT2D eigenvalue weighted by Crippen LogP contribution is 2.16. The van der Waals surface area contributed by atoms with Gasteiger partial charge in [-0.1, -0.05) is 6.07 Å². The first kappa shape index (κ1) is 11.2. The van der Waals surface area contributed by atoms with Crippen LogP contribution in [0.3, 0.4) is 0 Å². The van der Waals surface area contributed by atoms with Crippen LogP contribution in [0.2, 0.25) is 0 Å². The molecule has 92 valence electrons. The summed E-state index contributed by atoms with van der Waals surface area (Å²) in [4.78, 5) is 3.23. The highest BCUT2D eigenvalue weighted by molar-refractivity contribution is 7.71. The van der Waals surface area contributed by atoms with E-state index in [1.54, 1.807) is 6.20 Å². The molecular weight excluding hydrogens is 244 g/mol. The zero-order valence-electron chi connectivity index (χ0n) is 10.1. The van der Waals surface area contributed by atoms with Crippen LogP contribution in [0.5, 0.6) is 0 Å². The SMILES string of the molecule is Cc1ccc2[nH]c(=S)n(CCn3cccn3)c2c1. The summed E-state index contributed by atoms with van der Waals surface area (Å²) in [5.41, 5.74) is 3.49. The van der Waals surface area contributed by atoms with Gasteiger partial charge < -0.3 is 9.55 Å². The predicted molar refractivity (Wildman–Crippen MR) is 74.1 cm³/mol. The van der Waals surface area contributed by atoms with E-state index in [1.165, 1.54) is 5.56 Å². The molecule has 3 aromatic rings. The highest BCUT2D eigenvalue weighted by Gasteiger charge is 2.04. The molecule has 2 aromatic heterocycles. The van der Waals surface area contributed by atoms with E-state index in [-0.39, 0.29) is 0 Å². The maximum absolute atomic E-state index is 5.37. The Labute approximate surface area is 110 Å². The molecule has 5 heteroatoms. The topological polar surface area (TPSA) is 38.5 Å². The number of benzene rings is 1. The Hall–Kier alpha value is -1.88. The molecule has 0 saturated heterocycles. The van der Waals surface area contributed by atoms with E-state index in [0.29, 0.717) is 0 Å². The lowest BCUT2D eigenvalue weighted by Gasteiger charge is -2.05. The van der Waals surface area contributed by atoms with Crippen LogP contribution in [0.1, 0.15) is 5.56 Å². The minimum Gasteiger partial charge on any atom is -0.331 e. The molecule has 0 unspecified atom stereocenters. The van der Waals surface area contributed by atoms with Crippen LogP contribution in [0.4, 0.5) is 0 Å². The van der Waals surface area contributed by atoms with E-state index < -0.39 is 0 Å². The number of fused-ring (bicyclic) bond motifs is 1. The van der Waals surface area contributed by atoms with E-state index in [4.69, 9.17) is 12.2 Å². The van der Waals surface area contributed by atoms with Crippen molar-refractivity contribution in [1.29, 1.82) is 0 Å². The molecule has 0 saturated carbocycles. The molecule has 3 rings (SSSR count). The van der Waals surface area contributed by atoms with Crippen molar-refractivity contribution in [2.75, 3.05) is 0 Å². The van der Waals surface area contributed by atoms with Crippen molar-refractivity contribution in [2.24, 2.45) is 0 Å². The maximum Gasteiger partial charge on any atom is 0.178 e. The summed E-state index contributed by atoms with van der Waals surface area (Å²) in [7, 11) is 0. The molecule has 1 aromatic carbocycles. The quantitative estimate of drug-likeness (QED) is 0.734. The molecule has 0 fully saturated rings. The number of aryl methyl sites for hydroxylation is 3. The van der Waals surface area contributed by atoms with Crippen molar-refractivity contribution < 1.29 is 0 Å². The number of imidazole rings is 1. The summed E-state index contributed by atoms with van der Waals surface area (Å²) in [6, 6.07) is 8.25. The van der Waals surface area contributed by atoms with Gasteiger partial charge in [0, 0.05) is 18.9 Å². The van der Waals surface area contributed by atoms with Crippen molar-refractivity contribution in [2.45, 2.75) is 20.0 Å². The van der Waals surface area contributed by atoms with Crippen molar-refractivity contribution in [3.05, 3.63) is 47.0 Å². The Morgan fingerprint density at radius 1 is 1.33 bits per heavy atom. The van der Waals surface area contributed by atoms with Gasteiger partial charge >= 0.3 is 0 Å². The summed E-state index contributed by atoms with van der Waals surface area (Å²) in [6.45, 7) is 3.74. The fourth-order valence-corrected chi connectivity index (χ4v) is 2.42. The van der Waals surface area contributed by atoms with Crippen molar-refractivity contribution >= 4 is 23.3 Å². The maximum atomic E-state index is 5.37. The summed E-state index contributed by atoms with van der Waals surface area (Å²) < 4.78 is 4.80. The van der Waals surface area contributed by atoms with Crippen LogP contribution in [0, 0.1) is 11.7 Å². The van der Waals surface area contributed by atoms with Gasteiger partial charge in [-0.05, 0) is 42.9 Å². The van der Waals surface area contributed by atoms with E-state index >= 15 is 0 Å². The summed E-state index contributed by atoms with van der Waals surface area (Å²) in [6.07, 6.45) is 3.75. The third kappa shape index (κ3) is 1.97. The van der Waals surface area contributed by atoms with E-state index in [9.17, 15) is 0 Å². The number of aromatic amines is 1. The number of nitrogens with one attached hydrogen (secondary N) is 1. The van der Waals surface area contributed by atoms with Crippen LogP contribution in [0.25, 0.3) is 11.0 Å². The predicted octanol–water partition coefficient (Wildman–Crippen LogP) is 2.90. The molecule has 18 heavy (non-hydrogen) atoms. The lowest BCUT2D eigenvalue weighted by Crippen LogP contribution is -2.07. The molecule has 0 bridgehead atoms. The normalized spacial score (nSPS) is 11.2. The lowest BCUT2D eigenvalue weighted by atomic mass is 10.2. The Bertz CT molecular complexity index is 721. The second kappa shape index (κ2) is 4.42. The molecule has 4 nitrogen and oxygen atoms in total. The summed E-state index contributed by atoms with van der Waals surface area (Å²) >= 11 is 5.37. The fourth-order valence-electron chi connectivity index (χ4n) is 2.12. The average Bonchev–Trinajstić information content (AvgIpc) is 2.94. The minimum absolute atomic E-state index is 0.766. The van der Waals surface area contributed by atoms with E-state index in [0.717, 1.165) is 28.9 Å². The number of H-pyrrole nitrogens is 1. The van der Waals surface area contributed by atoms with Gasteiger partial charge in [-0.25, -0.2) is 0 Å². The number of rotatable bonds is 3. The smallest absolute Gasteiger partial charge is 0.178 e. The molecule has 0 aliphatic heterocycles. The molecule has 1 N–H and O–H groups in total. The first-order chi connectivity index (χ1) is 8.74. The van der Waals surface area contributed by atoms with Crippen LogP contribution in [0.15, 0.2) is 36.7 Å². The monoisotopic (exact) mass is 258 g/mol. The van der Waals surface area contributed by atoms with Crippen LogP contribution in [-0.2, 0) is 13.1 Å². The third-order valence-corrected chi connectivity index (χ3v) is 3.37. The highest BCUT2D eigenvalue weighted by atomic mass is 32.1. The second-order valence-electron chi connectivity index (χ2n) is 4.37. The Balaban J connectivity index is 1.98. The number of hydrogen-bond acceptors (Lipinski definition) is 2. The molecular formula is C13H14N4S. The summed E-state index contributed by atoms with van der Waals surface area (Å²) in [5.74, 6) is 0. The molecule has 0 radical (unpaired) electrons. The van der Waals surface area contributed by atoms with Gasteiger partial charge in [0.2, 0.25) is 0 Å². The molecule has 0 amide bonds. The van der Waals surface area contributed by atoms with Gasteiger partial charge in [-0.15, -0.1) is 0 Å². The zero-order valence-corrected chi connectivity index (χ0v) is 10.9. The fraction of sp³-hybridized carbons (Fsp3) is 0.231. The van der Waals surface area contributed by atoms with Gasteiger partial charge in [0.1, 0.15) is 0 Å². The van der Waals surface area contributed by atoms with Gasteiger partial charge in [0.25, 0.3) is 0 Å². The standard InChI is InChI=1S/C13H14N4S/c1-10-3-4-11-12(9-10)17(13(18)15-11)8-7-16-6-2-5-14-16/h2-6,9H,7-8H2,1H3,(H,15,18). The van der Waals surface area contributed by atoms with Gasteiger partial charge in [-0.2, -0.15) is 5.10 Å². The largest absolute Gasteiger partial charge is 0.331 e. The Morgan fingerprint density at radius 2 is 2.22 bits per heavy atom. The number of nitrogens with zero attached hydrogens (tertiary/aromatic N) is 3. The van der Waals surface area contributed by atoms with Crippen molar-refractivity contribution in [3.63, 3.8) is 0 Å². The number of aromatic nitrogens is 4. The van der Waals surface area contributed by atoms with E-state index in [2.05, 4.69) is 39.8 Å². The van der Waals surface area contributed by atoms with Crippen LogP contribution >= 0.6 is 12.2 Å². The third-order valence-electron chi connectivity index (χ3n) is 3.04. The van der Waals surface area contributed by atoms with Gasteiger partial charge in [0.05, 0.1) is 17.6 Å². The van der Waals surface area contributed by atoms with Crippen molar-refractivity contribution in [3.8, 4) is 0 Å². The lowest BCUT2D eigenvalue weighted by molar-refractivity contribution is 0.538. The molecule has 0 atom stereocenters. The van der Waals surface area contributed by atoms with Crippen molar-refractivity contribution in [1.82, 2.24) is 19.3 Å². The molecule has 0 aliphatic carbocycles. The first-order valence-electron chi connectivity index (χ1n) is 5.90. The minimum atomic E-state index is 0.766.